The molecule has 2 saturated heterocycles. The molecule has 2 fully saturated rings. The van der Waals surface area contributed by atoms with Gasteiger partial charge in [-0.15, -0.1) is 0 Å². The zero-order valence-electron chi connectivity index (χ0n) is 23.3. The van der Waals surface area contributed by atoms with Gasteiger partial charge in [0.15, 0.2) is 5.82 Å². The van der Waals surface area contributed by atoms with Crippen LogP contribution in [0.5, 0.6) is 5.75 Å². The summed E-state index contributed by atoms with van der Waals surface area (Å²) in [5, 5.41) is 3.06. The number of hydrogen-bond donors (Lipinski definition) is 2. The normalized spacial score (nSPS) is 17.8. The van der Waals surface area contributed by atoms with E-state index in [1.54, 1.807) is 12.1 Å². The van der Waals surface area contributed by atoms with E-state index in [1.165, 1.54) is 25.4 Å². The maximum Gasteiger partial charge on any atom is 0.274 e. The molecule has 3 N–H and O–H groups in total. The summed E-state index contributed by atoms with van der Waals surface area (Å²) in [6, 6.07) is 10.0. The summed E-state index contributed by atoms with van der Waals surface area (Å²) in [6.07, 6.45) is 5.27. The highest BCUT2D eigenvalue weighted by Crippen LogP contribution is 2.40. The first-order valence-corrected chi connectivity index (χ1v) is 14.0. The van der Waals surface area contributed by atoms with E-state index in [4.69, 9.17) is 20.2 Å². The Bertz CT molecular complexity index is 1580. The van der Waals surface area contributed by atoms with Crippen LogP contribution in [0, 0.1) is 5.82 Å². The van der Waals surface area contributed by atoms with Crippen molar-refractivity contribution in [1.82, 2.24) is 19.5 Å². The smallest absolute Gasteiger partial charge is 0.274 e. The Hall–Kier alpha value is -4.09. The quantitative estimate of drug-likeness (QED) is 0.345. The van der Waals surface area contributed by atoms with Crippen LogP contribution in [0.1, 0.15) is 47.9 Å². The molecule has 4 aromatic rings. The number of ether oxygens (including phenoxy) is 2. The third kappa shape index (κ3) is 5.00. The third-order valence-corrected chi connectivity index (χ3v) is 8.14. The van der Waals surface area contributed by atoms with Crippen LogP contribution in [0.25, 0.3) is 22.4 Å². The number of nitrogens with two attached hydrogens (primary N) is 1. The number of aryl methyl sites for hydroxylation is 1. The number of amides is 1. The van der Waals surface area contributed by atoms with Crippen molar-refractivity contribution in [3.05, 3.63) is 59.9 Å². The maximum absolute atomic E-state index is 14.7. The first-order valence-electron chi connectivity index (χ1n) is 14.0. The van der Waals surface area contributed by atoms with E-state index in [9.17, 15) is 9.18 Å². The molecule has 1 atom stereocenters. The van der Waals surface area contributed by atoms with Crippen molar-refractivity contribution in [2.75, 3.05) is 43.6 Å². The number of anilines is 2. The Balaban J connectivity index is 1.40. The van der Waals surface area contributed by atoms with E-state index >= 15 is 0 Å². The van der Waals surface area contributed by atoms with Gasteiger partial charge in [-0.3, -0.25) is 4.79 Å². The minimum absolute atomic E-state index is 0.0665. The molecule has 0 radical (unpaired) electrons. The standard InChI is InChI=1S/C30H34FN7O3/c1-37-23-9-8-21(35-30(39)22-10-13-33-28(34-22)25-20(31)6-3-7-24(25)40-2)27(38-14-4-5-19(38)17-32)26(23)36-29(37)18-11-15-41-16-12-18/h3,6-10,13,18-19H,4-5,11-12,14-17,32H2,1-2H3,(H,35,39). The number of carbonyl (C=O) groups excluding carboxylic acids is 1. The summed E-state index contributed by atoms with van der Waals surface area (Å²) >= 11 is 0. The van der Waals surface area contributed by atoms with Crippen molar-refractivity contribution < 1.29 is 18.7 Å². The van der Waals surface area contributed by atoms with Crippen molar-refractivity contribution in [2.45, 2.75) is 37.6 Å². The van der Waals surface area contributed by atoms with Gasteiger partial charge in [-0.05, 0) is 56.0 Å². The molecule has 2 aromatic carbocycles. The molecule has 214 valence electrons. The highest BCUT2D eigenvalue weighted by atomic mass is 19.1. The molecule has 2 aliphatic rings. The second kappa shape index (κ2) is 11.4. The van der Waals surface area contributed by atoms with Crippen LogP contribution in [-0.4, -0.2) is 64.9 Å². The Labute approximate surface area is 237 Å². The number of methoxy groups -OCH3 is 1. The number of nitrogens with zero attached hydrogens (tertiary/aromatic N) is 5. The molecule has 10 nitrogen and oxygen atoms in total. The van der Waals surface area contributed by atoms with E-state index in [2.05, 4.69) is 24.8 Å². The van der Waals surface area contributed by atoms with Gasteiger partial charge in [0.05, 0.1) is 29.6 Å². The van der Waals surface area contributed by atoms with Crippen LogP contribution >= 0.6 is 0 Å². The zero-order chi connectivity index (χ0) is 28.5. The summed E-state index contributed by atoms with van der Waals surface area (Å²) in [6.45, 7) is 2.77. The number of aromatic nitrogens is 4. The maximum atomic E-state index is 14.7. The van der Waals surface area contributed by atoms with Gasteiger partial charge < -0.3 is 30.0 Å². The molecule has 0 bridgehead atoms. The van der Waals surface area contributed by atoms with Crippen LogP contribution in [-0.2, 0) is 11.8 Å². The van der Waals surface area contributed by atoms with E-state index in [1.807, 2.05) is 19.2 Å². The lowest BCUT2D eigenvalue weighted by molar-refractivity contribution is 0.0831. The van der Waals surface area contributed by atoms with Crippen LogP contribution in [0.2, 0.25) is 0 Å². The lowest BCUT2D eigenvalue weighted by atomic mass is 9.99. The average molecular weight is 560 g/mol. The summed E-state index contributed by atoms with van der Waals surface area (Å²) < 4.78 is 27.8. The van der Waals surface area contributed by atoms with Crippen LogP contribution in [0.3, 0.4) is 0 Å². The Kier molecular flexibility index (Phi) is 7.55. The molecular formula is C30H34FN7O3. The molecule has 2 aromatic heterocycles. The molecule has 4 heterocycles. The molecule has 11 heteroatoms. The number of hydrogen-bond acceptors (Lipinski definition) is 8. The van der Waals surface area contributed by atoms with Gasteiger partial charge in [0, 0.05) is 51.5 Å². The van der Waals surface area contributed by atoms with Gasteiger partial charge in [0.25, 0.3) is 5.91 Å². The van der Waals surface area contributed by atoms with Crippen molar-refractivity contribution >= 4 is 28.3 Å². The number of halogens is 1. The molecule has 1 amide bonds. The largest absolute Gasteiger partial charge is 0.496 e. The predicted octanol–water partition coefficient (Wildman–Crippen LogP) is 4.25. The van der Waals surface area contributed by atoms with Gasteiger partial charge in [-0.25, -0.2) is 19.3 Å². The van der Waals surface area contributed by atoms with Crippen molar-refractivity contribution in [2.24, 2.45) is 12.8 Å². The predicted molar refractivity (Wildman–Crippen MR) is 155 cm³/mol. The van der Waals surface area contributed by atoms with E-state index in [0.717, 1.165) is 68.0 Å². The Morgan fingerprint density at radius 3 is 2.78 bits per heavy atom. The second-order valence-corrected chi connectivity index (χ2v) is 10.5. The van der Waals surface area contributed by atoms with Gasteiger partial charge in [-0.1, -0.05) is 6.07 Å². The first kappa shape index (κ1) is 27.1. The van der Waals surface area contributed by atoms with Crippen LogP contribution in [0.15, 0.2) is 42.6 Å². The number of rotatable bonds is 7. The fraction of sp³-hybridized carbons (Fsp3) is 0.400. The van der Waals surface area contributed by atoms with Gasteiger partial charge in [0.1, 0.15) is 28.6 Å². The minimum atomic E-state index is -0.535. The fourth-order valence-electron chi connectivity index (χ4n) is 6.03. The minimum Gasteiger partial charge on any atom is -0.496 e. The lowest BCUT2D eigenvalue weighted by Crippen LogP contribution is -2.36. The lowest BCUT2D eigenvalue weighted by Gasteiger charge is -2.28. The van der Waals surface area contributed by atoms with Gasteiger partial charge in [-0.2, -0.15) is 0 Å². The fourth-order valence-corrected chi connectivity index (χ4v) is 6.03. The first-order chi connectivity index (χ1) is 20.0. The second-order valence-electron chi connectivity index (χ2n) is 10.5. The number of nitrogens with one attached hydrogen (secondary N) is 1. The summed E-state index contributed by atoms with van der Waals surface area (Å²) in [4.78, 5) is 29.7. The summed E-state index contributed by atoms with van der Waals surface area (Å²) in [5.74, 6) is 0.714. The van der Waals surface area contributed by atoms with Crippen molar-refractivity contribution in [3.63, 3.8) is 0 Å². The summed E-state index contributed by atoms with van der Waals surface area (Å²) in [5.41, 5.74) is 9.72. The van der Waals surface area contributed by atoms with Crippen LogP contribution in [0.4, 0.5) is 15.8 Å². The highest BCUT2D eigenvalue weighted by molar-refractivity contribution is 6.08. The summed E-state index contributed by atoms with van der Waals surface area (Å²) in [7, 11) is 3.50. The van der Waals surface area contributed by atoms with Gasteiger partial charge in [0.2, 0.25) is 0 Å². The zero-order valence-corrected chi connectivity index (χ0v) is 23.3. The SMILES string of the molecule is COc1cccc(F)c1-c1nccc(C(=O)Nc2ccc3c(nc(C4CCOCC4)n3C)c2N2CCCC2CN)n1. The molecule has 2 aliphatic heterocycles. The van der Waals surface area contributed by atoms with Gasteiger partial charge >= 0.3 is 0 Å². The average Bonchev–Trinajstić information content (AvgIpc) is 3.61. The Morgan fingerprint density at radius 2 is 2.00 bits per heavy atom. The highest BCUT2D eigenvalue weighted by Gasteiger charge is 2.31. The molecule has 0 saturated carbocycles. The Morgan fingerprint density at radius 1 is 1.17 bits per heavy atom. The van der Waals surface area contributed by atoms with Crippen molar-refractivity contribution in [3.8, 4) is 17.1 Å². The van der Waals surface area contributed by atoms with E-state index in [-0.39, 0.29) is 28.9 Å². The van der Waals surface area contributed by atoms with Crippen molar-refractivity contribution in [1.29, 1.82) is 0 Å². The van der Waals surface area contributed by atoms with E-state index in [0.29, 0.717) is 18.2 Å². The molecule has 41 heavy (non-hydrogen) atoms. The van der Waals surface area contributed by atoms with E-state index < -0.39 is 11.7 Å². The molecular weight excluding hydrogens is 525 g/mol. The number of carbonyl (C=O) groups is 1. The number of fused-ring (bicyclic) bond motifs is 1. The monoisotopic (exact) mass is 559 g/mol. The molecule has 0 spiro atoms. The number of imidazole rings is 1. The topological polar surface area (TPSA) is 120 Å². The molecule has 6 rings (SSSR count). The molecule has 0 aliphatic carbocycles. The van der Waals surface area contributed by atoms with Crippen LogP contribution < -0.4 is 20.7 Å². The number of benzene rings is 2. The third-order valence-electron chi connectivity index (χ3n) is 8.14. The molecule has 1 unspecified atom stereocenters.